The van der Waals surface area contributed by atoms with Crippen LogP contribution in [0.2, 0.25) is 0 Å². The van der Waals surface area contributed by atoms with Gasteiger partial charge in [-0.25, -0.2) is 4.98 Å². The summed E-state index contributed by atoms with van der Waals surface area (Å²) in [6, 6.07) is 3.73. The molecule has 4 heterocycles. The molecule has 0 fully saturated rings. The first-order valence-corrected chi connectivity index (χ1v) is 8.46. The van der Waals surface area contributed by atoms with Crippen LogP contribution in [0, 0.1) is 0 Å². The molecule has 0 radical (unpaired) electrons. The fraction of sp³-hybridized carbons (Fsp3) is 0.333. The second-order valence-corrected chi connectivity index (χ2v) is 6.31. The molecule has 1 aliphatic rings. The van der Waals surface area contributed by atoms with Crippen LogP contribution in [0.25, 0.3) is 0 Å². The summed E-state index contributed by atoms with van der Waals surface area (Å²) in [6.45, 7) is 1.52. The number of nitrogens with zero attached hydrogens (tertiary/aromatic N) is 6. The molecule has 0 spiro atoms. The number of aromatic nitrogens is 5. The number of hydrogen-bond acceptors (Lipinski definition) is 5. The third-order valence-corrected chi connectivity index (χ3v) is 4.67. The first-order valence-electron chi connectivity index (χ1n) is 8.46. The van der Waals surface area contributed by atoms with Crippen molar-refractivity contribution < 1.29 is 9.53 Å². The van der Waals surface area contributed by atoms with E-state index in [1.54, 1.807) is 18.6 Å². The Balaban J connectivity index is 1.54. The molecule has 1 aliphatic heterocycles. The fourth-order valence-corrected chi connectivity index (χ4v) is 3.31. The van der Waals surface area contributed by atoms with Gasteiger partial charge in [-0.3, -0.25) is 14.5 Å². The van der Waals surface area contributed by atoms with Crippen molar-refractivity contribution in [2.75, 3.05) is 6.54 Å². The minimum Gasteiger partial charge on any atom is -0.470 e. The van der Waals surface area contributed by atoms with E-state index in [9.17, 15) is 4.79 Å². The monoisotopic (exact) mass is 352 g/mol. The SMILES string of the molecule is Cn1cccc1C(=O)N1CCc2c(c(COc3cnccn3)nn2C)C1. The molecule has 0 bridgehead atoms. The summed E-state index contributed by atoms with van der Waals surface area (Å²) in [4.78, 5) is 22.8. The van der Waals surface area contributed by atoms with E-state index in [1.165, 1.54) is 0 Å². The summed E-state index contributed by atoms with van der Waals surface area (Å²) in [7, 11) is 3.81. The molecular formula is C18H20N6O2. The Kier molecular flexibility index (Phi) is 4.16. The zero-order valence-corrected chi connectivity index (χ0v) is 14.8. The van der Waals surface area contributed by atoms with E-state index in [4.69, 9.17) is 4.74 Å². The van der Waals surface area contributed by atoms with E-state index >= 15 is 0 Å². The van der Waals surface area contributed by atoms with E-state index in [0.717, 1.165) is 23.4 Å². The highest BCUT2D eigenvalue weighted by Gasteiger charge is 2.28. The zero-order valence-electron chi connectivity index (χ0n) is 14.8. The number of rotatable bonds is 4. The van der Waals surface area contributed by atoms with Gasteiger partial charge < -0.3 is 14.2 Å². The molecule has 26 heavy (non-hydrogen) atoms. The second-order valence-electron chi connectivity index (χ2n) is 6.31. The molecular weight excluding hydrogens is 332 g/mol. The minimum absolute atomic E-state index is 0.0350. The van der Waals surface area contributed by atoms with E-state index in [2.05, 4.69) is 15.1 Å². The second kappa shape index (κ2) is 6.62. The maximum absolute atomic E-state index is 12.8. The summed E-state index contributed by atoms with van der Waals surface area (Å²) in [5.41, 5.74) is 3.73. The molecule has 0 saturated heterocycles. The van der Waals surface area contributed by atoms with Gasteiger partial charge in [0, 0.05) is 63.5 Å². The van der Waals surface area contributed by atoms with Crippen molar-refractivity contribution in [3.05, 3.63) is 59.6 Å². The van der Waals surface area contributed by atoms with Crippen molar-refractivity contribution in [1.82, 2.24) is 29.2 Å². The van der Waals surface area contributed by atoms with Crippen molar-refractivity contribution in [2.24, 2.45) is 14.1 Å². The van der Waals surface area contributed by atoms with E-state index in [-0.39, 0.29) is 5.91 Å². The van der Waals surface area contributed by atoms with Crippen LogP contribution in [-0.4, -0.2) is 41.7 Å². The van der Waals surface area contributed by atoms with Crippen molar-refractivity contribution in [3.8, 4) is 5.88 Å². The number of carbonyl (C=O) groups excluding carboxylic acids is 1. The molecule has 0 atom stereocenters. The quantitative estimate of drug-likeness (QED) is 0.708. The number of amides is 1. The van der Waals surface area contributed by atoms with Gasteiger partial charge >= 0.3 is 0 Å². The maximum atomic E-state index is 12.8. The normalized spacial score (nSPS) is 13.5. The summed E-state index contributed by atoms with van der Waals surface area (Å²) in [6.07, 6.45) is 7.42. The predicted octanol–water partition coefficient (Wildman–Crippen LogP) is 1.33. The summed E-state index contributed by atoms with van der Waals surface area (Å²) < 4.78 is 9.43. The molecule has 3 aromatic heterocycles. The smallest absolute Gasteiger partial charge is 0.270 e. The average molecular weight is 352 g/mol. The Morgan fingerprint density at radius 3 is 2.92 bits per heavy atom. The van der Waals surface area contributed by atoms with Crippen LogP contribution in [0.4, 0.5) is 0 Å². The molecule has 1 amide bonds. The van der Waals surface area contributed by atoms with Crippen LogP contribution in [0.5, 0.6) is 5.88 Å². The predicted molar refractivity (Wildman–Crippen MR) is 93.4 cm³/mol. The lowest BCUT2D eigenvalue weighted by molar-refractivity contribution is 0.0722. The Morgan fingerprint density at radius 1 is 1.31 bits per heavy atom. The highest BCUT2D eigenvalue weighted by Crippen LogP contribution is 2.24. The van der Waals surface area contributed by atoms with Crippen LogP contribution in [0.1, 0.15) is 27.4 Å². The Morgan fingerprint density at radius 2 is 2.19 bits per heavy atom. The lowest BCUT2D eigenvalue weighted by Gasteiger charge is -2.27. The molecule has 8 heteroatoms. The minimum atomic E-state index is 0.0350. The van der Waals surface area contributed by atoms with Crippen LogP contribution >= 0.6 is 0 Å². The number of aryl methyl sites for hydroxylation is 2. The highest BCUT2D eigenvalue weighted by atomic mass is 16.5. The van der Waals surface area contributed by atoms with Gasteiger partial charge in [-0.15, -0.1) is 0 Å². The third kappa shape index (κ3) is 2.94. The van der Waals surface area contributed by atoms with Crippen molar-refractivity contribution >= 4 is 5.91 Å². The van der Waals surface area contributed by atoms with Crippen molar-refractivity contribution in [2.45, 2.75) is 19.6 Å². The fourth-order valence-electron chi connectivity index (χ4n) is 3.31. The molecule has 4 rings (SSSR count). The molecule has 0 aromatic carbocycles. The largest absolute Gasteiger partial charge is 0.470 e. The van der Waals surface area contributed by atoms with Gasteiger partial charge in [0.25, 0.3) is 5.91 Å². The van der Waals surface area contributed by atoms with Gasteiger partial charge in [-0.05, 0) is 12.1 Å². The molecule has 0 unspecified atom stereocenters. The van der Waals surface area contributed by atoms with E-state index in [0.29, 0.717) is 31.3 Å². The zero-order chi connectivity index (χ0) is 18.1. The topological polar surface area (TPSA) is 78.1 Å². The average Bonchev–Trinajstić information content (AvgIpc) is 3.23. The third-order valence-electron chi connectivity index (χ3n) is 4.67. The van der Waals surface area contributed by atoms with Gasteiger partial charge in [-0.2, -0.15) is 5.10 Å². The molecule has 0 saturated carbocycles. The summed E-state index contributed by atoms with van der Waals surface area (Å²) in [5.74, 6) is 0.493. The molecule has 3 aromatic rings. The lowest BCUT2D eigenvalue weighted by Crippen LogP contribution is -2.37. The number of carbonyl (C=O) groups is 1. The number of fused-ring (bicyclic) bond motifs is 1. The summed E-state index contributed by atoms with van der Waals surface area (Å²) in [5, 5.41) is 4.58. The Bertz CT molecular complexity index is 931. The van der Waals surface area contributed by atoms with Gasteiger partial charge in [0.2, 0.25) is 5.88 Å². The summed E-state index contributed by atoms with van der Waals surface area (Å²) >= 11 is 0. The van der Waals surface area contributed by atoms with Crippen molar-refractivity contribution in [3.63, 3.8) is 0 Å². The van der Waals surface area contributed by atoms with Gasteiger partial charge in [0.05, 0.1) is 6.20 Å². The van der Waals surface area contributed by atoms with Gasteiger partial charge in [-0.1, -0.05) is 0 Å². The number of ether oxygens (including phenoxy) is 1. The Hall–Kier alpha value is -3.16. The van der Waals surface area contributed by atoms with Gasteiger partial charge in [0.1, 0.15) is 18.0 Å². The number of hydrogen-bond donors (Lipinski definition) is 0. The van der Waals surface area contributed by atoms with Crippen LogP contribution in [0.15, 0.2) is 36.9 Å². The van der Waals surface area contributed by atoms with Crippen LogP contribution in [-0.2, 0) is 33.7 Å². The van der Waals surface area contributed by atoms with Crippen molar-refractivity contribution in [1.29, 1.82) is 0 Å². The highest BCUT2D eigenvalue weighted by molar-refractivity contribution is 5.92. The first kappa shape index (κ1) is 16.3. The molecule has 8 nitrogen and oxygen atoms in total. The molecule has 134 valence electrons. The standard InChI is InChI=1S/C18H20N6O2/c1-22-8-3-4-16(22)18(25)24-9-5-15-13(11-24)14(21-23(15)2)12-26-17-10-19-6-7-20-17/h3-4,6-8,10H,5,9,11-12H2,1-2H3. The first-order chi connectivity index (χ1) is 12.6. The van der Waals surface area contributed by atoms with Crippen LogP contribution in [0.3, 0.4) is 0 Å². The molecule has 0 N–H and O–H groups in total. The Labute approximate surface area is 151 Å². The van der Waals surface area contributed by atoms with Crippen LogP contribution < -0.4 is 4.74 Å². The molecule has 0 aliphatic carbocycles. The maximum Gasteiger partial charge on any atom is 0.270 e. The lowest BCUT2D eigenvalue weighted by atomic mass is 10.0. The van der Waals surface area contributed by atoms with E-state index in [1.807, 2.05) is 46.6 Å². The van der Waals surface area contributed by atoms with E-state index < -0.39 is 0 Å². The van der Waals surface area contributed by atoms with Gasteiger partial charge in [0.15, 0.2) is 0 Å².